The first-order chi connectivity index (χ1) is 7.04. The van der Waals surface area contributed by atoms with E-state index in [1.807, 2.05) is 6.92 Å². The molecule has 1 saturated carbocycles. The molecule has 1 fully saturated rings. The van der Waals surface area contributed by atoms with Crippen molar-refractivity contribution in [1.82, 2.24) is 0 Å². The first-order valence-electron chi connectivity index (χ1n) is 5.57. The van der Waals surface area contributed by atoms with Crippen molar-refractivity contribution < 1.29 is 9.59 Å². The molecule has 0 amide bonds. The summed E-state index contributed by atoms with van der Waals surface area (Å²) in [6, 6.07) is 0. The van der Waals surface area contributed by atoms with Gasteiger partial charge in [-0.25, -0.2) is 0 Å². The van der Waals surface area contributed by atoms with Gasteiger partial charge in [0.25, 0.3) is 0 Å². The monoisotopic (exact) mass is 206 g/mol. The highest BCUT2D eigenvalue weighted by Crippen LogP contribution is 2.36. The molecule has 0 radical (unpaired) electrons. The number of Topliss-reactive ketones (excluding diaryl/α,β-unsaturated/α-hetero) is 2. The molecule has 1 atom stereocenters. The molecule has 1 rings (SSSR count). The van der Waals surface area contributed by atoms with Crippen LogP contribution >= 0.6 is 0 Å². The van der Waals surface area contributed by atoms with E-state index in [-0.39, 0.29) is 11.2 Å². The number of rotatable bonds is 2. The largest absolute Gasteiger partial charge is 0.299 e. The number of hydrogen-bond donors (Lipinski definition) is 0. The standard InChI is InChI=1S/C13H18O2/c1-11(14)7-3-5-9-13(2)10-6-4-8-12(13)15/h4-6,8-10H2,1-2H3. The third-order valence-corrected chi connectivity index (χ3v) is 3.12. The molecule has 2 heteroatoms. The maximum atomic E-state index is 11.7. The van der Waals surface area contributed by atoms with Crippen LogP contribution in [0.25, 0.3) is 0 Å². The van der Waals surface area contributed by atoms with E-state index >= 15 is 0 Å². The van der Waals surface area contributed by atoms with E-state index in [4.69, 9.17) is 0 Å². The molecule has 0 aliphatic heterocycles. The lowest BCUT2D eigenvalue weighted by molar-refractivity contribution is -0.130. The second-order valence-electron chi connectivity index (χ2n) is 4.55. The Balaban J connectivity index is 2.46. The molecule has 0 bridgehead atoms. The van der Waals surface area contributed by atoms with Crippen LogP contribution in [0.15, 0.2) is 0 Å². The molecule has 1 aliphatic carbocycles. The summed E-state index contributed by atoms with van der Waals surface area (Å²) in [7, 11) is 0. The maximum absolute atomic E-state index is 11.7. The average molecular weight is 206 g/mol. The van der Waals surface area contributed by atoms with E-state index in [0.29, 0.717) is 12.2 Å². The highest BCUT2D eigenvalue weighted by molar-refractivity contribution is 5.93. The number of ketones is 2. The molecule has 0 N–H and O–H groups in total. The molecule has 15 heavy (non-hydrogen) atoms. The summed E-state index contributed by atoms with van der Waals surface area (Å²) in [5, 5.41) is 0. The molecule has 0 aromatic rings. The Labute approximate surface area is 91.4 Å². The van der Waals surface area contributed by atoms with E-state index in [1.54, 1.807) is 0 Å². The van der Waals surface area contributed by atoms with Crippen molar-refractivity contribution in [2.45, 2.75) is 52.4 Å². The van der Waals surface area contributed by atoms with Gasteiger partial charge < -0.3 is 0 Å². The molecule has 0 aromatic heterocycles. The quantitative estimate of drug-likeness (QED) is 0.514. The Kier molecular flexibility index (Phi) is 4.08. The van der Waals surface area contributed by atoms with Gasteiger partial charge in [0.1, 0.15) is 5.78 Å². The molecule has 0 aromatic carbocycles. The molecule has 2 nitrogen and oxygen atoms in total. The molecule has 0 saturated heterocycles. The van der Waals surface area contributed by atoms with Crippen molar-refractivity contribution in [3.63, 3.8) is 0 Å². The normalized spacial score (nSPS) is 25.6. The van der Waals surface area contributed by atoms with E-state index in [9.17, 15) is 9.59 Å². The van der Waals surface area contributed by atoms with E-state index in [1.165, 1.54) is 6.92 Å². The second-order valence-corrected chi connectivity index (χ2v) is 4.55. The first-order valence-corrected chi connectivity index (χ1v) is 5.57. The predicted octanol–water partition coefficient (Wildman–Crippen LogP) is 2.51. The Morgan fingerprint density at radius 3 is 2.80 bits per heavy atom. The Bertz CT molecular complexity index is 319. The average Bonchev–Trinajstić information content (AvgIpc) is 2.18. The van der Waals surface area contributed by atoms with Crippen LogP contribution in [0.3, 0.4) is 0 Å². The lowest BCUT2D eigenvalue weighted by Crippen LogP contribution is -2.30. The minimum atomic E-state index is -0.177. The smallest absolute Gasteiger partial charge is 0.202 e. The van der Waals surface area contributed by atoms with Gasteiger partial charge in [-0.3, -0.25) is 9.59 Å². The van der Waals surface area contributed by atoms with E-state index < -0.39 is 0 Å². The summed E-state index contributed by atoms with van der Waals surface area (Å²) in [5.41, 5.74) is -0.177. The van der Waals surface area contributed by atoms with Gasteiger partial charge in [0.2, 0.25) is 5.78 Å². The van der Waals surface area contributed by atoms with Gasteiger partial charge in [0.15, 0.2) is 0 Å². The SMILES string of the molecule is CC(=O)C#CCCC1(C)CCCCC1=O. The molecule has 82 valence electrons. The maximum Gasteiger partial charge on any atom is 0.202 e. The minimum absolute atomic E-state index is 0.102. The van der Waals surface area contributed by atoms with E-state index in [2.05, 4.69) is 11.8 Å². The summed E-state index contributed by atoms with van der Waals surface area (Å²) >= 11 is 0. The van der Waals surface area contributed by atoms with E-state index in [0.717, 1.165) is 32.1 Å². The van der Waals surface area contributed by atoms with Crippen molar-refractivity contribution in [3.05, 3.63) is 0 Å². The lowest BCUT2D eigenvalue weighted by atomic mass is 9.72. The minimum Gasteiger partial charge on any atom is -0.299 e. The Morgan fingerprint density at radius 1 is 1.47 bits per heavy atom. The fourth-order valence-corrected chi connectivity index (χ4v) is 2.03. The van der Waals surface area contributed by atoms with Crippen LogP contribution in [0.5, 0.6) is 0 Å². The Morgan fingerprint density at radius 2 is 2.20 bits per heavy atom. The summed E-state index contributed by atoms with van der Waals surface area (Å²) in [5.74, 6) is 5.61. The fourth-order valence-electron chi connectivity index (χ4n) is 2.03. The van der Waals surface area contributed by atoms with Crippen LogP contribution in [0, 0.1) is 17.3 Å². The summed E-state index contributed by atoms with van der Waals surface area (Å²) in [6.45, 7) is 3.49. The van der Waals surface area contributed by atoms with Gasteiger partial charge in [0.05, 0.1) is 0 Å². The molecular weight excluding hydrogens is 188 g/mol. The zero-order chi connectivity index (χ0) is 11.3. The summed E-state index contributed by atoms with van der Waals surface area (Å²) < 4.78 is 0. The Hall–Kier alpha value is -1.10. The first kappa shape index (κ1) is 12.0. The number of hydrogen-bond acceptors (Lipinski definition) is 2. The van der Waals surface area contributed by atoms with Gasteiger partial charge >= 0.3 is 0 Å². The molecule has 1 unspecified atom stereocenters. The third kappa shape index (κ3) is 3.51. The highest BCUT2D eigenvalue weighted by Gasteiger charge is 2.33. The van der Waals surface area contributed by atoms with Crippen molar-refractivity contribution in [1.29, 1.82) is 0 Å². The summed E-state index contributed by atoms with van der Waals surface area (Å²) in [4.78, 5) is 22.3. The van der Waals surface area contributed by atoms with Crippen LogP contribution in [0.1, 0.15) is 52.4 Å². The zero-order valence-electron chi connectivity index (χ0n) is 9.56. The molecular formula is C13H18O2. The van der Waals surface area contributed by atoms with Crippen molar-refractivity contribution >= 4 is 11.6 Å². The molecule has 0 heterocycles. The summed E-state index contributed by atoms with van der Waals surface area (Å²) in [6.07, 6.45) is 5.33. The topological polar surface area (TPSA) is 34.1 Å². The van der Waals surface area contributed by atoms with Crippen LogP contribution in [0.4, 0.5) is 0 Å². The molecule has 0 spiro atoms. The van der Waals surface area contributed by atoms with Crippen molar-refractivity contribution in [3.8, 4) is 11.8 Å². The lowest BCUT2D eigenvalue weighted by Gasteiger charge is -2.31. The van der Waals surface area contributed by atoms with Crippen molar-refractivity contribution in [2.24, 2.45) is 5.41 Å². The third-order valence-electron chi connectivity index (χ3n) is 3.12. The van der Waals surface area contributed by atoms with Gasteiger partial charge in [-0.1, -0.05) is 19.3 Å². The van der Waals surface area contributed by atoms with Crippen molar-refractivity contribution in [2.75, 3.05) is 0 Å². The highest BCUT2D eigenvalue weighted by atomic mass is 16.1. The van der Waals surface area contributed by atoms with Crippen LogP contribution in [-0.2, 0) is 9.59 Å². The predicted molar refractivity (Wildman–Crippen MR) is 59.3 cm³/mol. The number of carbonyl (C=O) groups is 2. The van der Waals surface area contributed by atoms with Crippen LogP contribution in [-0.4, -0.2) is 11.6 Å². The molecule has 1 aliphatic rings. The van der Waals surface area contributed by atoms with Gasteiger partial charge in [-0.05, 0) is 25.2 Å². The van der Waals surface area contributed by atoms with Crippen LogP contribution < -0.4 is 0 Å². The van der Waals surface area contributed by atoms with Gasteiger partial charge in [0, 0.05) is 25.2 Å². The fraction of sp³-hybridized carbons (Fsp3) is 0.692. The zero-order valence-corrected chi connectivity index (χ0v) is 9.56. The van der Waals surface area contributed by atoms with Gasteiger partial charge in [-0.15, -0.1) is 0 Å². The van der Waals surface area contributed by atoms with Crippen LogP contribution in [0.2, 0.25) is 0 Å². The second kappa shape index (κ2) is 5.11. The number of carbonyl (C=O) groups excluding carboxylic acids is 2. The van der Waals surface area contributed by atoms with Gasteiger partial charge in [-0.2, -0.15) is 0 Å².